The molecule has 0 saturated carbocycles. The highest BCUT2D eigenvalue weighted by Crippen LogP contribution is 2.26. The number of aromatic nitrogens is 2. The van der Waals surface area contributed by atoms with Gasteiger partial charge in [0.1, 0.15) is 0 Å². The van der Waals surface area contributed by atoms with Crippen LogP contribution < -0.4 is 20.5 Å². The molecule has 1 amide bonds. The van der Waals surface area contributed by atoms with E-state index >= 15 is 0 Å². The second-order valence-electron chi connectivity index (χ2n) is 5.50. The number of methoxy groups -OCH3 is 1. The summed E-state index contributed by atoms with van der Waals surface area (Å²) >= 11 is 5.17. The molecule has 3 rings (SSSR count). The van der Waals surface area contributed by atoms with Crippen LogP contribution in [0.15, 0.2) is 53.3 Å². The number of fused-ring (bicyclic) bond motifs is 1. The number of para-hydroxylation sites is 3. The molecule has 8 heteroatoms. The number of hydrogen-bond acceptors (Lipinski definition) is 5. The van der Waals surface area contributed by atoms with Gasteiger partial charge in [0.25, 0.3) is 11.5 Å². The number of carbonyl (C=O) groups is 1. The Balaban J connectivity index is 1.85. The first-order chi connectivity index (χ1) is 12.5. The summed E-state index contributed by atoms with van der Waals surface area (Å²) in [5, 5.41) is 0.416. The van der Waals surface area contributed by atoms with Gasteiger partial charge in [-0.1, -0.05) is 24.3 Å². The molecule has 1 unspecified atom stereocenters. The zero-order valence-electron chi connectivity index (χ0n) is 14.2. The Labute approximate surface area is 154 Å². The summed E-state index contributed by atoms with van der Waals surface area (Å²) in [5.74, 6) is 0.411. The van der Waals surface area contributed by atoms with Crippen molar-refractivity contribution in [3.63, 3.8) is 0 Å². The second kappa shape index (κ2) is 7.40. The summed E-state index contributed by atoms with van der Waals surface area (Å²) in [6.07, 6.45) is -0.876. The summed E-state index contributed by atoms with van der Waals surface area (Å²) in [4.78, 5) is 27.9. The van der Waals surface area contributed by atoms with E-state index in [4.69, 9.17) is 21.7 Å². The lowest BCUT2D eigenvalue weighted by Gasteiger charge is -2.17. The van der Waals surface area contributed by atoms with Crippen molar-refractivity contribution in [2.24, 2.45) is 0 Å². The van der Waals surface area contributed by atoms with E-state index in [0.29, 0.717) is 22.4 Å². The quantitative estimate of drug-likeness (QED) is 0.674. The third-order valence-electron chi connectivity index (χ3n) is 3.77. The van der Waals surface area contributed by atoms with Crippen molar-refractivity contribution in [3.05, 3.63) is 63.7 Å². The van der Waals surface area contributed by atoms with E-state index in [-0.39, 0.29) is 4.77 Å². The minimum absolute atomic E-state index is 0.0894. The van der Waals surface area contributed by atoms with Crippen molar-refractivity contribution in [2.75, 3.05) is 12.5 Å². The maximum Gasteiger partial charge on any atom is 0.281 e. The third-order valence-corrected chi connectivity index (χ3v) is 4.05. The van der Waals surface area contributed by atoms with E-state index in [1.807, 2.05) is 0 Å². The van der Waals surface area contributed by atoms with Crippen molar-refractivity contribution < 1.29 is 14.3 Å². The molecule has 1 aromatic heterocycles. The Morgan fingerprint density at radius 1 is 1.15 bits per heavy atom. The summed E-state index contributed by atoms with van der Waals surface area (Å²) in [6, 6.07) is 13.9. The molecule has 26 heavy (non-hydrogen) atoms. The molecule has 0 fully saturated rings. The monoisotopic (exact) mass is 371 g/mol. The van der Waals surface area contributed by atoms with Gasteiger partial charge < -0.3 is 14.5 Å². The highest BCUT2D eigenvalue weighted by molar-refractivity contribution is 7.71. The average molecular weight is 371 g/mol. The van der Waals surface area contributed by atoms with Gasteiger partial charge in [-0.2, -0.15) is 4.68 Å². The lowest BCUT2D eigenvalue weighted by molar-refractivity contribution is -0.123. The molecule has 3 aromatic rings. The smallest absolute Gasteiger partial charge is 0.281 e. The third kappa shape index (κ3) is 3.45. The molecule has 0 radical (unpaired) electrons. The first kappa shape index (κ1) is 17.7. The SMILES string of the molecule is COc1ccccc1OC(C)C(=O)Nn1c(=S)[nH]c2ccccc2c1=O. The summed E-state index contributed by atoms with van der Waals surface area (Å²) in [7, 11) is 1.51. The zero-order chi connectivity index (χ0) is 18.7. The molecule has 0 aliphatic heterocycles. The van der Waals surface area contributed by atoms with Crippen molar-refractivity contribution in [1.82, 2.24) is 9.66 Å². The number of ether oxygens (including phenoxy) is 2. The first-order valence-corrected chi connectivity index (χ1v) is 8.26. The van der Waals surface area contributed by atoms with Gasteiger partial charge in [-0.05, 0) is 43.4 Å². The molecule has 134 valence electrons. The van der Waals surface area contributed by atoms with Crippen molar-refractivity contribution in [1.29, 1.82) is 0 Å². The minimum atomic E-state index is -0.876. The minimum Gasteiger partial charge on any atom is -0.493 e. The second-order valence-corrected chi connectivity index (χ2v) is 5.89. The van der Waals surface area contributed by atoms with Crippen molar-refractivity contribution in [3.8, 4) is 11.5 Å². The summed E-state index contributed by atoms with van der Waals surface area (Å²) < 4.78 is 11.9. The van der Waals surface area contributed by atoms with Gasteiger partial charge in [-0.25, -0.2) is 0 Å². The molecule has 2 N–H and O–H groups in total. The van der Waals surface area contributed by atoms with Gasteiger partial charge >= 0.3 is 0 Å². The van der Waals surface area contributed by atoms with Gasteiger partial charge in [-0.3, -0.25) is 15.0 Å². The molecule has 0 spiro atoms. The highest BCUT2D eigenvalue weighted by Gasteiger charge is 2.18. The van der Waals surface area contributed by atoms with Crippen LogP contribution in [0.4, 0.5) is 0 Å². The molecule has 2 aromatic carbocycles. The van der Waals surface area contributed by atoms with Gasteiger partial charge in [-0.15, -0.1) is 0 Å². The van der Waals surface area contributed by atoms with Gasteiger partial charge in [0.05, 0.1) is 18.0 Å². The van der Waals surface area contributed by atoms with Gasteiger partial charge in [0, 0.05) is 0 Å². The summed E-state index contributed by atoms with van der Waals surface area (Å²) in [6.45, 7) is 1.57. The lowest BCUT2D eigenvalue weighted by Crippen LogP contribution is -2.40. The van der Waals surface area contributed by atoms with Crippen LogP contribution in [-0.2, 0) is 4.79 Å². The van der Waals surface area contributed by atoms with Crippen LogP contribution in [-0.4, -0.2) is 28.8 Å². The number of nitrogens with zero attached hydrogens (tertiary/aromatic N) is 1. The van der Waals surface area contributed by atoms with Crippen LogP contribution in [0.3, 0.4) is 0 Å². The van der Waals surface area contributed by atoms with E-state index in [9.17, 15) is 9.59 Å². The molecule has 0 aliphatic carbocycles. The molecular formula is C18H17N3O4S. The van der Waals surface area contributed by atoms with Crippen LogP contribution in [0.25, 0.3) is 10.9 Å². The predicted molar refractivity (Wildman–Crippen MR) is 101 cm³/mol. The predicted octanol–water partition coefficient (Wildman–Crippen LogP) is 2.61. The number of amides is 1. The van der Waals surface area contributed by atoms with Crippen LogP contribution in [0, 0.1) is 4.77 Å². The number of aromatic amines is 1. The van der Waals surface area contributed by atoms with E-state index in [1.54, 1.807) is 55.5 Å². The van der Waals surface area contributed by atoms with E-state index < -0.39 is 17.6 Å². The van der Waals surface area contributed by atoms with Gasteiger partial charge in [0.15, 0.2) is 22.4 Å². The molecule has 1 atom stereocenters. The topological polar surface area (TPSA) is 85.3 Å². The van der Waals surface area contributed by atoms with E-state index in [1.165, 1.54) is 7.11 Å². The number of rotatable bonds is 5. The van der Waals surface area contributed by atoms with Crippen LogP contribution in [0.5, 0.6) is 11.5 Å². The maximum atomic E-state index is 12.6. The van der Waals surface area contributed by atoms with Gasteiger partial charge in [0.2, 0.25) is 0 Å². The van der Waals surface area contributed by atoms with Crippen molar-refractivity contribution >= 4 is 29.0 Å². The zero-order valence-corrected chi connectivity index (χ0v) is 15.0. The number of hydrogen-bond donors (Lipinski definition) is 2. The Hall–Kier alpha value is -3.13. The van der Waals surface area contributed by atoms with E-state index in [2.05, 4.69) is 10.4 Å². The Kier molecular flexibility index (Phi) is 5.04. The van der Waals surface area contributed by atoms with Crippen LogP contribution in [0.2, 0.25) is 0 Å². The Morgan fingerprint density at radius 3 is 2.54 bits per heavy atom. The maximum absolute atomic E-state index is 12.6. The molecule has 0 saturated heterocycles. The number of carbonyl (C=O) groups excluding carboxylic acids is 1. The molecule has 0 bridgehead atoms. The fourth-order valence-electron chi connectivity index (χ4n) is 2.43. The largest absolute Gasteiger partial charge is 0.493 e. The molecular weight excluding hydrogens is 354 g/mol. The van der Waals surface area contributed by atoms with Crippen LogP contribution in [0.1, 0.15) is 6.92 Å². The first-order valence-electron chi connectivity index (χ1n) is 7.86. The van der Waals surface area contributed by atoms with Crippen molar-refractivity contribution in [2.45, 2.75) is 13.0 Å². The average Bonchev–Trinajstić information content (AvgIpc) is 2.65. The fraction of sp³-hybridized carbons (Fsp3) is 0.167. The molecule has 1 heterocycles. The highest BCUT2D eigenvalue weighted by atomic mass is 32.1. The van der Waals surface area contributed by atoms with E-state index in [0.717, 1.165) is 4.68 Å². The molecule has 0 aliphatic rings. The normalized spacial score (nSPS) is 11.8. The fourth-order valence-corrected chi connectivity index (χ4v) is 2.66. The number of H-pyrrole nitrogens is 1. The van der Waals surface area contributed by atoms with Crippen LogP contribution >= 0.6 is 12.2 Å². The lowest BCUT2D eigenvalue weighted by atomic mass is 10.2. The number of nitrogens with one attached hydrogen (secondary N) is 2. The number of benzene rings is 2. The summed E-state index contributed by atoms with van der Waals surface area (Å²) in [5.41, 5.74) is 2.68. The molecule has 7 nitrogen and oxygen atoms in total. The Morgan fingerprint density at radius 2 is 1.81 bits per heavy atom. The standard InChI is InChI=1S/C18H17N3O4S/c1-11(25-15-10-6-5-9-14(15)24-2)16(22)20-21-17(23)12-7-3-4-8-13(12)19-18(21)26/h3-11H,1-2H3,(H,19,26)(H,20,22). The Bertz CT molecular complexity index is 1070.